The summed E-state index contributed by atoms with van der Waals surface area (Å²) in [6.07, 6.45) is -0.237. The van der Waals surface area contributed by atoms with E-state index >= 15 is 0 Å². The number of aromatic nitrogens is 3. The quantitative estimate of drug-likeness (QED) is 0.574. The van der Waals surface area contributed by atoms with Crippen LogP contribution in [0.5, 0.6) is 5.88 Å². The van der Waals surface area contributed by atoms with Crippen LogP contribution in [0.15, 0.2) is 24.4 Å². The van der Waals surface area contributed by atoms with Crippen molar-refractivity contribution in [2.45, 2.75) is 64.6 Å². The highest BCUT2D eigenvalue weighted by atomic mass is 19.4. The van der Waals surface area contributed by atoms with Gasteiger partial charge in [-0.1, -0.05) is 0 Å². The van der Waals surface area contributed by atoms with Crippen LogP contribution in [-0.4, -0.2) is 45.4 Å². The molecule has 4 rings (SSSR count). The molecule has 6 nitrogen and oxygen atoms in total. The minimum Gasteiger partial charge on any atom is -0.477 e. The Hall–Kier alpha value is -2.58. The molecule has 1 saturated carbocycles. The number of nitrogens with zero attached hydrogens (tertiary/aromatic N) is 4. The average molecular weight is 436 g/mol. The van der Waals surface area contributed by atoms with Crippen LogP contribution < -0.4 is 9.64 Å². The van der Waals surface area contributed by atoms with Crippen molar-refractivity contribution >= 4 is 11.6 Å². The molecule has 0 bridgehead atoms. The maximum atomic E-state index is 13.0. The molecule has 9 heteroatoms. The lowest BCUT2D eigenvalue weighted by molar-refractivity contribution is -0.190. The first kappa shape index (κ1) is 21.6. The van der Waals surface area contributed by atoms with Gasteiger partial charge in [0.1, 0.15) is 5.82 Å². The summed E-state index contributed by atoms with van der Waals surface area (Å²) in [4.78, 5) is 19.0. The van der Waals surface area contributed by atoms with Crippen LogP contribution in [-0.2, 0) is 0 Å². The van der Waals surface area contributed by atoms with E-state index in [1.54, 1.807) is 24.4 Å². The molecule has 1 aliphatic carbocycles. The number of Topliss-reactive ketones (excluding diaryl/α,β-unsaturated/α-hetero) is 1. The Labute approximate surface area is 179 Å². The van der Waals surface area contributed by atoms with Crippen LogP contribution in [0.1, 0.15) is 63.2 Å². The Morgan fingerprint density at radius 2 is 1.94 bits per heavy atom. The van der Waals surface area contributed by atoms with Gasteiger partial charge in [0.05, 0.1) is 17.6 Å². The van der Waals surface area contributed by atoms with E-state index in [4.69, 9.17) is 9.72 Å². The second-order valence-electron chi connectivity index (χ2n) is 9.14. The maximum absolute atomic E-state index is 13.0. The number of hydrogen-bond acceptors (Lipinski definition) is 5. The standard InChI is InChI=1S/C22H27F3N4O2/c1-15(30)16-5-6-17(26-19(16)28-12-4-8-20(28,2)3)29-13-7-18(27-29)31-14-11-21(9-10-21)22(23,24)25/h5-7,13H,4,8-12,14H2,1-3H3. The zero-order valence-corrected chi connectivity index (χ0v) is 18.0. The molecule has 2 aromatic heterocycles. The number of carbonyl (C=O) groups is 1. The van der Waals surface area contributed by atoms with E-state index in [1.807, 2.05) is 0 Å². The van der Waals surface area contributed by atoms with Crippen molar-refractivity contribution < 1.29 is 22.7 Å². The van der Waals surface area contributed by atoms with E-state index in [2.05, 4.69) is 23.8 Å². The van der Waals surface area contributed by atoms with Crippen molar-refractivity contribution in [2.24, 2.45) is 5.41 Å². The summed E-state index contributed by atoms with van der Waals surface area (Å²) < 4.78 is 46.1. The van der Waals surface area contributed by atoms with Crippen LogP contribution in [0.25, 0.3) is 5.82 Å². The minimum atomic E-state index is -4.18. The van der Waals surface area contributed by atoms with Gasteiger partial charge >= 0.3 is 6.18 Å². The monoisotopic (exact) mass is 436 g/mol. The molecule has 1 aliphatic heterocycles. The third-order valence-corrected chi connectivity index (χ3v) is 6.48. The molecule has 0 N–H and O–H groups in total. The normalized spacial score (nSPS) is 19.5. The highest BCUT2D eigenvalue weighted by Gasteiger charge is 2.62. The third-order valence-electron chi connectivity index (χ3n) is 6.48. The lowest BCUT2D eigenvalue weighted by atomic mass is 10.0. The van der Waals surface area contributed by atoms with Gasteiger partial charge in [-0.3, -0.25) is 4.79 Å². The molecular formula is C22H27F3N4O2. The molecule has 3 heterocycles. The summed E-state index contributed by atoms with van der Waals surface area (Å²) in [5.74, 6) is 1.34. The van der Waals surface area contributed by atoms with Gasteiger partial charge in [-0.25, -0.2) is 9.67 Å². The Balaban J connectivity index is 1.51. The summed E-state index contributed by atoms with van der Waals surface area (Å²) in [5, 5.41) is 4.31. The van der Waals surface area contributed by atoms with Gasteiger partial charge in [0.2, 0.25) is 5.88 Å². The summed E-state index contributed by atoms with van der Waals surface area (Å²) in [5.41, 5.74) is -1.13. The number of ether oxygens (including phenoxy) is 1. The zero-order valence-electron chi connectivity index (χ0n) is 18.0. The van der Waals surface area contributed by atoms with E-state index in [1.165, 1.54) is 11.6 Å². The molecule has 0 aromatic carbocycles. The number of carbonyl (C=O) groups excluding carboxylic acids is 1. The SMILES string of the molecule is CC(=O)c1ccc(-n2ccc(OCCC3(C(F)(F)F)CC3)n2)nc1N1CCCC1(C)C. The zero-order chi connectivity index (χ0) is 22.4. The van der Waals surface area contributed by atoms with Gasteiger partial charge in [0.25, 0.3) is 0 Å². The van der Waals surface area contributed by atoms with Gasteiger partial charge in [0.15, 0.2) is 11.6 Å². The summed E-state index contributed by atoms with van der Waals surface area (Å²) in [6, 6.07) is 5.06. The van der Waals surface area contributed by atoms with Crippen molar-refractivity contribution in [3.63, 3.8) is 0 Å². The predicted octanol–water partition coefficient (Wildman–Crippen LogP) is 4.96. The summed E-state index contributed by atoms with van der Waals surface area (Å²) >= 11 is 0. The van der Waals surface area contributed by atoms with Crippen molar-refractivity contribution in [3.8, 4) is 11.7 Å². The fraction of sp³-hybridized carbons (Fsp3) is 0.591. The van der Waals surface area contributed by atoms with E-state index in [9.17, 15) is 18.0 Å². The highest BCUT2D eigenvalue weighted by Crippen LogP contribution is 2.59. The number of alkyl halides is 3. The second kappa shape index (κ2) is 7.53. The fourth-order valence-corrected chi connectivity index (χ4v) is 4.24. The van der Waals surface area contributed by atoms with Crippen LogP contribution in [0.4, 0.5) is 19.0 Å². The number of halogens is 3. The first-order chi connectivity index (χ1) is 14.5. The highest BCUT2D eigenvalue weighted by molar-refractivity contribution is 5.99. The van der Waals surface area contributed by atoms with Gasteiger partial charge in [-0.05, 0) is 65.0 Å². The molecule has 31 heavy (non-hydrogen) atoms. The van der Waals surface area contributed by atoms with Gasteiger partial charge in [-0.15, -0.1) is 5.10 Å². The van der Waals surface area contributed by atoms with Crippen molar-refractivity contribution in [1.29, 1.82) is 0 Å². The lowest BCUT2D eigenvalue weighted by Crippen LogP contribution is -2.39. The number of pyridine rings is 1. The number of anilines is 1. The molecule has 0 radical (unpaired) electrons. The number of rotatable bonds is 7. The van der Waals surface area contributed by atoms with Gasteiger partial charge in [-0.2, -0.15) is 13.2 Å². The molecular weight excluding hydrogens is 409 g/mol. The maximum Gasteiger partial charge on any atom is 0.394 e. The molecule has 1 saturated heterocycles. The average Bonchev–Trinajstić information content (AvgIpc) is 3.20. The third kappa shape index (κ3) is 4.14. The van der Waals surface area contributed by atoms with Crippen LogP contribution in [0.2, 0.25) is 0 Å². The van der Waals surface area contributed by atoms with Crippen molar-refractivity contribution in [1.82, 2.24) is 14.8 Å². The molecule has 2 aromatic rings. The Bertz CT molecular complexity index is 979. The second-order valence-corrected chi connectivity index (χ2v) is 9.14. The summed E-state index contributed by atoms with van der Waals surface area (Å²) in [6.45, 7) is 6.56. The fourth-order valence-electron chi connectivity index (χ4n) is 4.24. The molecule has 0 spiro atoms. The minimum absolute atomic E-state index is 0.0412. The Morgan fingerprint density at radius 3 is 2.52 bits per heavy atom. The first-order valence-corrected chi connectivity index (χ1v) is 10.6. The molecule has 2 fully saturated rings. The van der Waals surface area contributed by atoms with Crippen LogP contribution in [0, 0.1) is 5.41 Å². The molecule has 0 amide bonds. The first-order valence-electron chi connectivity index (χ1n) is 10.6. The largest absolute Gasteiger partial charge is 0.477 e. The number of ketones is 1. The van der Waals surface area contributed by atoms with Gasteiger partial charge in [0, 0.05) is 24.3 Å². The van der Waals surface area contributed by atoms with E-state index in [0.717, 1.165) is 19.4 Å². The predicted molar refractivity (Wildman–Crippen MR) is 110 cm³/mol. The van der Waals surface area contributed by atoms with Gasteiger partial charge < -0.3 is 9.64 Å². The Morgan fingerprint density at radius 1 is 1.19 bits per heavy atom. The van der Waals surface area contributed by atoms with Crippen molar-refractivity contribution in [2.75, 3.05) is 18.1 Å². The smallest absolute Gasteiger partial charge is 0.394 e. The lowest BCUT2D eigenvalue weighted by Gasteiger charge is -2.33. The van der Waals surface area contributed by atoms with E-state index < -0.39 is 11.6 Å². The Kier molecular flexibility index (Phi) is 5.26. The topological polar surface area (TPSA) is 60.3 Å². The van der Waals surface area contributed by atoms with E-state index in [0.29, 0.717) is 17.2 Å². The molecule has 0 atom stereocenters. The van der Waals surface area contributed by atoms with E-state index in [-0.39, 0.29) is 43.1 Å². The number of hydrogen-bond donors (Lipinski definition) is 0. The van der Waals surface area contributed by atoms with Crippen LogP contribution in [0.3, 0.4) is 0 Å². The molecule has 0 unspecified atom stereocenters. The van der Waals surface area contributed by atoms with Crippen molar-refractivity contribution in [3.05, 3.63) is 30.0 Å². The van der Waals surface area contributed by atoms with Crippen LogP contribution >= 0.6 is 0 Å². The molecule has 168 valence electrons. The summed E-state index contributed by atoms with van der Waals surface area (Å²) in [7, 11) is 0. The molecule has 2 aliphatic rings.